The monoisotopic (exact) mass is 251 g/mol. The van der Waals surface area contributed by atoms with E-state index in [1.165, 1.54) is 23.7 Å². The molecule has 1 saturated carbocycles. The zero-order valence-corrected chi connectivity index (χ0v) is 8.80. The SMILES string of the molecule is C=C[I-]CC1CCC(C)C1. The first-order valence-electron chi connectivity index (χ1n) is 4.01. The number of alkyl halides is 1. The van der Waals surface area contributed by atoms with E-state index in [1.54, 1.807) is 0 Å². The molecule has 0 aromatic carbocycles. The topological polar surface area (TPSA) is 0 Å². The predicted molar refractivity (Wildman–Crippen MR) is 41.6 cm³/mol. The third-order valence-corrected chi connectivity index (χ3v) is 4.60. The summed E-state index contributed by atoms with van der Waals surface area (Å²) in [6.07, 6.45) is 4.47. The summed E-state index contributed by atoms with van der Waals surface area (Å²) in [6, 6.07) is 0. The van der Waals surface area contributed by atoms with Crippen molar-refractivity contribution in [1.29, 1.82) is 0 Å². The van der Waals surface area contributed by atoms with Gasteiger partial charge in [-0.1, -0.05) is 0 Å². The van der Waals surface area contributed by atoms with Gasteiger partial charge in [0.2, 0.25) is 0 Å². The summed E-state index contributed by atoms with van der Waals surface area (Å²) in [6.45, 7) is 6.17. The summed E-state index contributed by atoms with van der Waals surface area (Å²) in [5, 5.41) is 0. The molecular weight excluding hydrogens is 235 g/mol. The van der Waals surface area contributed by atoms with Crippen molar-refractivity contribution in [2.24, 2.45) is 11.8 Å². The Labute approximate surface area is 74.3 Å². The molecular formula is C9H16I-. The Balaban J connectivity index is 2.12. The van der Waals surface area contributed by atoms with E-state index in [4.69, 9.17) is 0 Å². The van der Waals surface area contributed by atoms with Crippen molar-refractivity contribution >= 4 is 0 Å². The van der Waals surface area contributed by atoms with Crippen molar-refractivity contribution in [2.45, 2.75) is 26.2 Å². The van der Waals surface area contributed by atoms with Crippen LogP contribution in [0.15, 0.2) is 10.7 Å². The van der Waals surface area contributed by atoms with E-state index >= 15 is 0 Å². The average molecular weight is 251 g/mol. The van der Waals surface area contributed by atoms with Gasteiger partial charge in [-0.2, -0.15) is 0 Å². The Kier molecular flexibility index (Phi) is 3.74. The van der Waals surface area contributed by atoms with Crippen molar-refractivity contribution in [3.05, 3.63) is 10.7 Å². The fraction of sp³-hybridized carbons (Fsp3) is 0.778. The van der Waals surface area contributed by atoms with Crippen molar-refractivity contribution in [3.63, 3.8) is 0 Å². The predicted octanol–water partition coefficient (Wildman–Crippen LogP) is -0.345. The van der Waals surface area contributed by atoms with Crippen LogP contribution in [0.3, 0.4) is 0 Å². The quantitative estimate of drug-likeness (QED) is 0.475. The number of halogens is 1. The molecule has 0 radical (unpaired) electrons. The van der Waals surface area contributed by atoms with E-state index in [2.05, 4.69) is 17.6 Å². The van der Waals surface area contributed by atoms with Gasteiger partial charge < -0.3 is 0 Å². The molecule has 2 atom stereocenters. The van der Waals surface area contributed by atoms with Gasteiger partial charge in [0.25, 0.3) is 0 Å². The van der Waals surface area contributed by atoms with Gasteiger partial charge in [0, 0.05) is 0 Å². The Morgan fingerprint density at radius 2 is 2.40 bits per heavy atom. The van der Waals surface area contributed by atoms with E-state index in [9.17, 15) is 0 Å². The maximum atomic E-state index is 3.79. The molecule has 0 aromatic rings. The van der Waals surface area contributed by atoms with Crippen molar-refractivity contribution in [1.82, 2.24) is 0 Å². The standard InChI is InChI=1S/C9H16I/c1-3-10-7-9-5-4-8(2)6-9/h3,8-9H,1,4-7H2,2H3/q-1. The molecule has 0 amide bonds. The summed E-state index contributed by atoms with van der Waals surface area (Å²) < 4.78 is 3.65. The molecule has 10 heavy (non-hydrogen) atoms. The third kappa shape index (κ3) is 2.60. The van der Waals surface area contributed by atoms with Gasteiger partial charge in [-0.25, -0.2) is 0 Å². The number of hydrogen-bond acceptors (Lipinski definition) is 0. The Bertz CT molecular complexity index is 109. The molecule has 0 nitrogen and oxygen atoms in total. The van der Waals surface area contributed by atoms with Crippen LogP contribution in [0.1, 0.15) is 26.2 Å². The van der Waals surface area contributed by atoms with Gasteiger partial charge in [0.1, 0.15) is 0 Å². The molecule has 1 fully saturated rings. The minimum atomic E-state index is 0.359. The Hall–Kier alpha value is 0.470. The van der Waals surface area contributed by atoms with Gasteiger partial charge in [-0.15, -0.1) is 0 Å². The fourth-order valence-electron chi connectivity index (χ4n) is 1.65. The molecule has 0 aliphatic heterocycles. The first kappa shape index (κ1) is 8.57. The molecule has 0 aromatic heterocycles. The van der Waals surface area contributed by atoms with Crippen LogP contribution >= 0.6 is 0 Å². The number of rotatable bonds is 3. The van der Waals surface area contributed by atoms with Crippen LogP contribution in [0.25, 0.3) is 0 Å². The van der Waals surface area contributed by atoms with E-state index < -0.39 is 0 Å². The van der Waals surface area contributed by atoms with Gasteiger partial charge in [0.05, 0.1) is 0 Å². The number of hydrogen-bond donors (Lipinski definition) is 0. The summed E-state index contributed by atoms with van der Waals surface area (Å²) in [7, 11) is 0. The average Bonchev–Trinajstić information content (AvgIpc) is 2.31. The van der Waals surface area contributed by atoms with Crippen LogP contribution in [0.5, 0.6) is 0 Å². The van der Waals surface area contributed by atoms with Crippen LogP contribution in [-0.4, -0.2) is 4.43 Å². The molecule has 1 rings (SSSR count). The molecule has 1 heteroatoms. The summed E-state index contributed by atoms with van der Waals surface area (Å²) in [4.78, 5) is 0. The zero-order valence-electron chi connectivity index (χ0n) is 6.65. The van der Waals surface area contributed by atoms with Gasteiger partial charge >= 0.3 is 74.3 Å². The summed E-state index contributed by atoms with van der Waals surface area (Å²) in [5.74, 6) is 2.08. The van der Waals surface area contributed by atoms with E-state index in [1.807, 2.05) is 0 Å². The molecule has 1 aliphatic rings. The summed E-state index contributed by atoms with van der Waals surface area (Å²) in [5.41, 5.74) is 0. The zero-order chi connectivity index (χ0) is 7.40. The van der Waals surface area contributed by atoms with Crippen molar-refractivity contribution in [3.8, 4) is 0 Å². The second kappa shape index (κ2) is 4.37. The van der Waals surface area contributed by atoms with Gasteiger partial charge in [-0.05, 0) is 0 Å². The molecule has 2 unspecified atom stereocenters. The van der Waals surface area contributed by atoms with Crippen molar-refractivity contribution in [2.75, 3.05) is 4.43 Å². The van der Waals surface area contributed by atoms with E-state index in [-0.39, 0.29) is 0 Å². The second-order valence-corrected chi connectivity index (χ2v) is 5.89. The van der Waals surface area contributed by atoms with E-state index in [0.717, 1.165) is 11.8 Å². The fourth-order valence-corrected chi connectivity index (χ4v) is 3.53. The third-order valence-electron chi connectivity index (χ3n) is 2.22. The van der Waals surface area contributed by atoms with Crippen LogP contribution in [0.2, 0.25) is 0 Å². The molecule has 0 spiro atoms. The molecule has 60 valence electrons. The second-order valence-electron chi connectivity index (χ2n) is 3.25. The molecule has 0 saturated heterocycles. The van der Waals surface area contributed by atoms with Crippen LogP contribution < -0.4 is 21.2 Å². The Morgan fingerprint density at radius 1 is 1.60 bits per heavy atom. The van der Waals surface area contributed by atoms with Crippen LogP contribution in [-0.2, 0) is 0 Å². The van der Waals surface area contributed by atoms with Gasteiger partial charge in [-0.3, -0.25) is 0 Å². The maximum absolute atomic E-state index is 3.79. The first-order chi connectivity index (χ1) is 4.83. The minimum absolute atomic E-state index is 0.359. The van der Waals surface area contributed by atoms with Crippen LogP contribution in [0, 0.1) is 11.8 Å². The van der Waals surface area contributed by atoms with E-state index in [0.29, 0.717) is 21.2 Å². The molecule has 0 N–H and O–H groups in total. The molecule has 0 bridgehead atoms. The molecule has 0 heterocycles. The normalized spacial score (nSPS) is 32.9. The summed E-state index contributed by atoms with van der Waals surface area (Å²) >= 11 is 0.359. The molecule has 1 aliphatic carbocycles. The first-order valence-corrected chi connectivity index (χ1v) is 6.78. The van der Waals surface area contributed by atoms with Gasteiger partial charge in [0.15, 0.2) is 0 Å². The Morgan fingerprint density at radius 3 is 2.90 bits per heavy atom. The van der Waals surface area contributed by atoms with Crippen LogP contribution in [0.4, 0.5) is 0 Å². The van der Waals surface area contributed by atoms with Crippen molar-refractivity contribution < 1.29 is 21.2 Å².